The summed E-state index contributed by atoms with van der Waals surface area (Å²) in [6.45, 7) is 9.08. The molecule has 0 aromatic carbocycles. The largest absolute Gasteiger partial charge is 0.298 e. The number of allylic oxidation sites excluding steroid dienone is 1. The van der Waals surface area contributed by atoms with Gasteiger partial charge in [0.1, 0.15) is 6.29 Å². The number of rotatable bonds is 10. The molecule has 0 aliphatic heterocycles. The average Bonchev–Trinajstić information content (AvgIpc) is 2.39. The quantitative estimate of drug-likeness (QED) is 0.229. The van der Waals surface area contributed by atoms with E-state index in [2.05, 4.69) is 33.4 Å². The Hall–Kier alpha value is -0.373. The standard InChI is InChI=1S/C15H30OSi/c1-5-9-10-11-12-15(13-16)14-17(6-2,7-3)8-4/h13-14H,5-12H2,1-4H3/b15-14-. The van der Waals surface area contributed by atoms with Crippen molar-refractivity contribution < 1.29 is 4.79 Å². The molecule has 1 nitrogen and oxygen atoms in total. The lowest BCUT2D eigenvalue weighted by Gasteiger charge is -2.24. The van der Waals surface area contributed by atoms with Crippen molar-refractivity contribution in [2.75, 3.05) is 0 Å². The summed E-state index contributed by atoms with van der Waals surface area (Å²) in [6.07, 6.45) is 7.11. The first kappa shape index (κ1) is 16.6. The molecule has 0 atom stereocenters. The van der Waals surface area contributed by atoms with E-state index < -0.39 is 8.07 Å². The molecule has 0 heterocycles. The number of aldehydes is 1. The molecule has 0 radical (unpaired) electrons. The van der Waals surface area contributed by atoms with Crippen molar-refractivity contribution in [2.24, 2.45) is 0 Å². The van der Waals surface area contributed by atoms with Crippen molar-refractivity contribution >= 4 is 14.4 Å². The number of carbonyl (C=O) groups excluding carboxylic acids is 1. The van der Waals surface area contributed by atoms with E-state index in [1.807, 2.05) is 0 Å². The highest BCUT2D eigenvalue weighted by atomic mass is 28.3. The lowest BCUT2D eigenvalue weighted by atomic mass is 10.1. The van der Waals surface area contributed by atoms with Crippen molar-refractivity contribution in [2.45, 2.75) is 77.9 Å². The van der Waals surface area contributed by atoms with Crippen molar-refractivity contribution in [3.8, 4) is 0 Å². The SMILES string of the molecule is CCCCCC/C(C=O)=C/[Si](CC)(CC)CC. The van der Waals surface area contributed by atoms with Gasteiger partial charge in [0.05, 0.1) is 8.07 Å². The zero-order valence-electron chi connectivity index (χ0n) is 12.2. The van der Waals surface area contributed by atoms with E-state index in [0.717, 1.165) is 18.3 Å². The lowest BCUT2D eigenvalue weighted by Crippen LogP contribution is -2.29. The molecule has 0 aliphatic carbocycles. The molecule has 0 aromatic heterocycles. The molecular formula is C15H30OSi. The Morgan fingerprint density at radius 1 is 0.941 bits per heavy atom. The van der Waals surface area contributed by atoms with E-state index in [-0.39, 0.29) is 0 Å². The summed E-state index contributed by atoms with van der Waals surface area (Å²) in [5.41, 5.74) is 3.48. The summed E-state index contributed by atoms with van der Waals surface area (Å²) < 4.78 is 0. The Morgan fingerprint density at radius 2 is 1.53 bits per heavy atom. The minimum absolute atomic E-state index is 0.998. The average molecular weight is 254 g/mol. The van der Waals surface area contributed by atoms with Gasteiger partial charge in [-0.25, -0.2) is 0 Å². The summed E-state index contributed by atoms with van der Waals surface area (Å²) >= 11 is 0. The maximum absolute atomic E-state index is 11.1. The highest BCUT2D eigenvalue weighted by Gasteiger charge is 2.24. The van der Waals surface area contributed by atoms with Crippen LogP contribution in [0.1, 0.15) is 59.8 Å². The van der Waals surface area contributed by atoms with Crippen LogP contribution in [0, 0.1) is 0 Å². The smallest absolute Gasteiger partial charge is 0.145 e. The van der Waals surface area contributed by atoms with Crippen LogP contribution >= 0.6 is 0 Å². The molecule has 0 saturated heterocycles. The van der Waals surface area contributed by atoms with Gasteiger partial charge in [-0.1, -0.05) is 70.8 Å². The Labute approximate surface area is 109 Å². The number of carbonyl (C=O) groups is 1. The maximum atomic E-state index is 11.1. The lowest BCUT2D eigenvalue weighted by molar-refractivity contribution is -0.105. The second-order valence-electron chi connectivity index (χ2n) is 5.07. The Kier molecular flexibility index (Phi) is 9.42. The normalized spacial score (nSPS) is 12.8. The molecule has 0 aliphatic rings. The van der Waals surface area contributed by atoms with Crippen molar-refractivity contribution in [3.05, 3.63) is 11.3 Å². The zero-order valence-corrected chi connectivity index (χ0v) is 13.2. The first-order valence-corrected chi connectivity index (χ1v) is 10.0. The third-order valence-electron chi connectivity index (χ3n) is 4.07. The molecule has 0 spiro atoms. The fourth-order valence-corrected chi connectivity index (χ4v) is 5.48. The van der Waals surface area contributed by atoms with Gasteiger partial charge < -0.3 is 0 Å². The Morgan fingerprint density at radius 3 is 1.94 bits per heavy atom. The predicted molar refractivity (Wildman–Crippen MR) is 80.1 cm³/mol. The van der Waals surface area contributed by atoms with Crippen LogP contribution in [-0.2, 0) is 4.79 Å². The second kappa shape index (κ2) is 9.64. The maximum Gasteiger partial charge on any atom is 0.145 e. The third-order valence-corrected chi connectivity index (χ3v) is 9.28. The van der Waals surface area contributed by atoms with Gasteiger partial charge in [-0.3, -0.25) is 4.79 Å². The first-order chi connectivity index (χ1) is 8.17. The fraction of sp³-hybridized carbons (Fsp3) is 0.800. The number of hydrogen-bond acceptors (Lipinski definition) is 1. The van der Waals surface area contributed by atoms with Crippen LogP contribution in [-0.4, -0.2) is 14.4 Å². The summed E-state index contributed by atoms with van der Waals surface area (Å²) in [5, 5.41) is 0. The van der Waals surface area contributed by atoms with Gasteiger partial charge in [-0.15, -0.1) is 0 Å². The van der Waals surface area contributed by atoms with E-state index in [0.29, 0.717) is 0 Å². The Balaban J connectivity index is 4.44. The fourth-order valence-electron chi connectivity index (χ4n) is 2.37. The summed E-state index contributed by atoms with van der Waals surface area (Å²) in [7, 11) is -1.26. The van der Waals surface area contributed by atoms with Crippen LogP contribution in [0.2, 0.25) is 18.1 Å². The molecule has 0 saturated carbocycles. The Bertz CT molecular complexity index is 221. The van der Waals surface area contributed by atoms with Crippen LogP contribution in [0.25, 0.3) is 0 Å². The van der Waals surface area contributed by atoms with Gasteiger partial charge in [-0.05, 0) is 18.4 Å². The first-order valence-electron chi connectivity index (χ1n) is 7.34. The molecule has 0 amide bonds. The molecular weight excluding hydrogens is 224 g/mol. The summed E-state index contributed by atoms with van der Waals surface area (Å²) in [4.78, 5) is 11.1. The molecule has 0 fully saturated rings. The topological polar surface area (TPSA) is 17.1 Å². The molecule has 100 valence electrons. The van der Waals surface area contributed by atoms with Gasteiger partial charge >= 0.3 is 0 Å². The van der Waals surface area contributed by atoms with Crippen LogP contribution in [0.15, 0.2) is 11.3 Å². The van der Waals surface area contributed by atoms with Gasteiger partial charge in [0.2, 0.25) is 0 Å². The molecule has 0 rings (SSSR count). The highest BCUT2D eigenvalue weighted by Crippen LogP contribution is 2.24. The third kappa shape index (κ3) is 6.20. The van der Waals surface area contributed by atoms with Crippen molar-refractivity contribution in [1.29, 1.82) is 0 Å². The predicted octanol–water partition coefficient (Wildman–Crippen LogP) is 5.13. The van der Waals surface area contributed by atoms with Crippen LogP contribution in [0.4, 0.5) is 0 Å². The highest BCUT2D eigenvalue weighted by molar-refractivity contribution is 6.84. The molecule has 0 N–H and O–H groups in total. The van der Waals surface area contributed by atoms with E-state index in [1.165, 1.54) is 43.8 Å². The van der Waals surface area contributed by atoms with Gasteiger partial charge in [0.25, 0.3) is 0 Å². The van der Waals surface area contributed by atoms with E-state index in [1.54, 1.807) is 0 Å². The van der Waals surface area contributed by atoms with Gasteiger partial charge in [-0.2, -0.15) is 0 Å². The van der Waals surface area contributed by atoms with Crippen molar-refractivity contribution in [1.82, 2.24) is 0 Å². The van der Waals surface area contributed by atoms with E-state index in [4.69, 9.17) is 0 Å². The van der Waals surface area contributed by atoms with Crippen molar-refractivity contribution in [3.63, 3.8) is 0 Å². The van der Waals surface area contributed by atoms with Crippen LogP contribution < -0.4 is 0 Å². The summed E-state index contributed by atoms with van der Waals surface area (Å²) in [6, 6.07) is 3.81. The van der Waals surface area contributed by atoms with Crippen LogP contribution in [0.5, 0.6) is 0 Å². The minimum Gasteiger partial charge on any atom is -0.298 e. The summed E-state index contributed by atoms with van der Waals surface area (Å²) in [5.74, 6) is 0. The minimum atomic E-state index is -1.26. The molecule has 2 heteroatoms. The molecule has 0 unspecified atom stereocenters. The van der Waals surface area contributed by atoms with E-state index in [9.17, 15) is 4.79 Å². The van der Waals surface area contributed by atoms with Gasteiger partial charge in [0, 0.05) is 0 Å². The molecule has 0 aromatic rings. The number of unbranched alkanes of at least 4 members (excludes halogenated alkanes) is 3. The van der Waals surface area contributed by atoms with Crippen LogP contribution in [0.3, 0.4) is 0 Å². The van der Waals surface area contributed by atoms with E-state index >= 15 is 0 Å². The number of hydrogen-bond donors (Lipinski definition) is 0. The molecule has 17 heavy (non-hydrogen) atoms. The zero-order chi connectivity index (χ0) is 13.1. The molecule has 0 bridgehead atoms. The second-order valence-corrected chi connectivity index (χ2v) is 10.2. The van der Waals surface area contributed by atoms with Gasteiger partial charge in [0.15, 0.2) is 0 Å². The monoisotopic (exact) mass is 254 g/mol.